The standard InChI is InChI=1S/C21H15F3N4O2S/c22-21(23,24)14-9-17(19(30)25-10-14)26-18(29)13-7-5-12(6-8-13)11-31-20-27-15-3-1-2-4-16(15)28-20/h1-10H,11H2,(H,25,30)(H,26,29)(H,27,28). The molecule has 10 heteroatoms. The Kier molecular flexibility index (Phi) is 5.55. The van der Waals surface area contributed by atoms with Gasteiger partial charge in [0.2, 0.25) is 0 Å². The normalized spacial score (nSPS) is 11.6. The average molecular weight is 444 g/mol. The number of rotatable bonds is 5. The Bertz CT molecular complexity index is 1260. The topological polar surface area (TPSA) is 90.6 Å². The van der Waals surface area contributed by atoms with E-state index in [0.29, 0.717) is 18.0 Å². The van der Waals surface area contributed by atoms with Crippen molar-refractivity contribution in [2.75, 3.05) is 5.32 Å². The fraction of sp³-hybridized carbons (Fsp3) is 0.0952. The first-order valence-corrected chi connectivity index (χ1v) is 10.1. The third-order valence-corrected chi connectivity index (χ3v) is 5.38. The summed E-state index contributed by atoms with van der Waals surface area (Å²) in [5, 5.41) is 3.00. The maximum atomic E-state index is 12.8. The number of carbonyl (C=O) groups excluding carboxylic acids is 1. The van der Waals surface area contributed by atoms with Gasteiger partial charge in [-0.15, -0.1) is 0 Å². The Hall–Kier alpha value is -3.53. The maximum absolute atomic E-state index is 12.8. The van der Waals surface area contributed by atoms with Gasteiger partial charge in [0, 0.05) is 17.5 Å². The van der Waals surface area contributed by atoms with Crippen molar-refractivity contribution in [3.8, 4) is 0 Å². The van der Waals surface area contributed by atoms with E-state index in [4.69, 9.17) is 0 Å². The molecule has 0 bridgehead atoms. The van der Waals surface area contributed by atoms with Crippen molar-refractivity contribution < 1.29 is 18.0 Å². The summed E-state index contributed by atoms with van der Waals surface area (Å²) in [5.41, 5.74) is 0.626. The van der Waals surface area contributed by atoms with E-state index in [1.54, 1.807) is 24.3 Å². The van der Waals surface area contributed by atoms with Crippen molar-refractivity contribution >= 4 is 34.4 Å². The van der Waals surface area contributed by atoms with E-state index in [1.165, 1.54) is 11.8 Å². The average Bonchev–Trinajstić information content (AvgIpc) is 3.16. The summed E-state index contributed by atoms with van der Waals surface area (Å²) in [6.45, 7) is 0. The third-order valence-electron chi connectivity index (χ3n) is 4.44. The molecule has 31 heavy (non-hydrogen) atoms. The number of hydrogen-bond acceptors (Lipinski definition) is 4. The third kappa shape index (κ3) is 4.80. The molecule has 2 aromatic heterocycles. The zero-order valence-electron chi connectivity index (χ0n) is 15.8. The number of anilines is 1. The molecule has 6 nitrogen and oxygen atoms in total. The lowest BCUT2D eigenvalue weighted by Gasteiger charge is -2.09. The highest BCUT2D eigenvalue weighted by Crippen LogP contribution is 2.29. The Labute approximate surface area is 177 Å². The molecular formula is C21H15F3N4O2S. The highest BCUT2D eigenvalue weighted by Gasteiger charge is 2.31. The smallest absolute Gasteiger partial charge is 0.333 e. The minimum Gasteiger partial charge on any atom is -0.333 e. The van der Waals surface area contributed by atoms with E-state index >= 15 is 0 Å². The van der Waals surface area contributed by atoms with Gasteiger partial charge in [0.05, 0.1) is 16.6 Å². The Morgan fingerprint density at radius 3 is 2.55 bits per heavy atom. The molecule has 2 aromatic carbocycles. The summed E-state index contributed by atoms with van der Waals surface area (Å²) in [6.07, 6.45) is -4.07. The van der Waals surface area contributed by atoms with Crippen LogP contribution in [0.5, 0.6) is 0 Å². The van der Waals surface area contributed by atoms with Crippen LogP contribution >= 0.6 is 11.8 Å². The zero-order valence-corrected chi connectivity index (χ0v) is 16.6. The van der Waals surface area contributed by atoms with Gasteiger partial charge in [0.15, 0.2) is 5.16 Å². The molecule has 0 fully saturated rings. The van der Waals surface area contributed by atoms with Crippen molar-refractivity contribution in [2.24, 2.45) is 0 Å². The van der Waals surface area contributed by atoms with Crippen molar-refractivity contribution in [1.29, 1.82) is 0 Å². The Morgan fingerprint density at radius 2 is 1.84 bits per heavy atom. The monoisotopic (exact) mass is 444 g/mol. The number of alkyl halides is 3. The first kappa shape index (κ1) is 20.7. The molecule has 4 rings (SSSR count). The second-order valence-corrected chi connectivity index (χ2v) is 7.59. The number of hydrogen-bond donors (Lipinski definition) is 3. The first-order chi connectivity index (χ1) is 14.8. The van der Waals surface area contributed by atoms with Crippen molar-refractivity contribution in [3.05, 3.63) is 87.8 Å². The number of carbonyl (C=O) groups is 1. The molecule has 2 heterocycles. The van der Waals surface area contributed by atoms with E-state index in [2.05, 4.69) is 15.3 Å². The number of pyridine rings is 1. The van der Waals surface area contributed by atoms with Crippen LogP contribution < -0.4 is 10.9 Å². The van der Waals surface area contributed by atoms with Crippen LogP contribution in [0.25, 0.3) is 11.0 Å². The van der Waals surface area contributed by atoms with E-state index in [0.717, 1.165) is 21.8 Å². The Balaban J connectivity index is 1.42. The van der Waals surface area contributed by atoms with Crippen LogP contribution in [-0.4, -0.2) is 20.9 Å². The quantitative estimate of drug-likeness (QED) is 0.385. The summed E-state index contributed by atoms with van der Waals surface area (Å²) >= 11 is 1.50. The number of nitrogens with zero attached hydrogens (tertiary/aromatic N) is 1. The molecule has 0 atom stereocenters. The lowest BCUT2D eigenvalue weighted by Crippen LogP contribution is -2.21. The van der Waals surface area contributed by atoms with Gasteiger partial charge in [-0.2, -0.15) is 13.2 Å². The second kappa shape index (κ2) is 8.31. The number of H-pyrrole nitrogens is 2. The van der Waals surface area contributed by atoms with Crippen LogP contribution in [0.1, 0.15) is 21.5 Å². The largest absolute Gasteiger partial charge is 0.417 e. The number of para-hydroxylation sites is 2. The molecule has 158 valence electrons. The van der Waals surface area contributed by atoms with Crippen molar-refractivity contribution in [2.45, 2.75) is 17.1 Å². The molecule has 0 radical (unpaired) electrons. The number of thioether (sulfide) groups is 1. The summed E-state index contributed by atoms with van der Waals surface area (Å²) in [4.78, 5) is 33.8. The lowest BCUT2D eigenvalue weighted by atomic mass is 10.1. The van der Waals surface area contributed by atoms with Gasteiger partial charge in [-0.1, -0.05) is 36.0 Å². The minimum atomic E-state index is -4.64. The van der Waals surface area contributed by atoms with Gasteiger partial charge in [0.1, 0.15) is 5.69 Å². The Morgan fingerprint density at radius 1 is 1.10 bits per heavy atom. The van der Waals surface area contributed by atoms with Crippen LogP contribution in [-0.2, 0) is 11.9 Å². The fourth-order valence-corrected chi connectivity index (χ4v) is 3.68. The molecule has 3 N–H and O–H groups in total. The number of nitrogens with one attached hydrogen (secondary N) is 3. The lowest BCUT2D eigenvalue weighted by molar-refractivity contribution is -0.137. The van der Waals surface area contributed by atoms with E-state index in [9.17, 15) is 22.8 Å². The number of aromatic nitrogens is 3. The molecule has 1 amide bonds. The molecule has 0 unspecified atom stereocenters. The summed E-state index contributed by atoms with van der Waals surface area (Å²) < 4.78 is 38.4. The van der Waals surface area contributed by atoms with Crippen LogP contribution in [0.15, 0.2) is 70.7 Å². The van der Waals surface area contributed by atoms with Crippen molar-refractivity contribution in [1.82, 2.24) is 15.0 Å². The molecule has 0 spiro atoms. The number of amides is 1. The molecular weight excluding hydrogens is 429 g/mol. The van der Waals surface area contributed by atoms with E-state index in [1.807, 2.05) is 29.2 Å². The maximum Gasteiger partial charge on any atom is 0.417 e. The molecule has 0 saturated heterocycles. The molecule has 0 aliphatic rings. The number of halogens is 3. The van der Waals surface area contributed by atoms with Gasteiger partial charge in [0.25, 0.3) is 11.5 Å². The fourth-order valence-electron chi connectivity index (χ4n) is 2.84. The molecule has 0 saturated carbocycles. The summed E-state index contributed by atoms with van der Waals surface area (Å²) in [5.74, 6) is -0.0732. The van der Waals surface area contributed by atoms with Gasteiger partial charge in [-0.25, -0.2) is 4.98 Å². The minimum absolute atomic E-state index is 0.217. The SMILES string of the molecule is O=C(Nc1cc(C(F)(F)F)c[nH]c1=O)c1ccc(CSc2nc3ccccc3[nH]2)cc1. The van der Waals surface area contributed by atoms with Gasteiger partial charge >= 0.3 is 6.18 Å². The predicted molar refractivity (Wildman–Crippen MR) is 112 cm³/mol. The van der Waals surface area contributed by atoms with Crippen molar-refractivity contribution in [3.63, 3.8) is 0 Å². The summed E-state index contributed by atoms with van der Waals surface area (Å²) in [6, 6.07) is 14.9. The summed E-state index contributed by atoms with van der Waals surface area (Å²) in [7, 11) is 0. The van der Waals surface area contributed by atoms with Gasteiger partial charge in [-0.3, -0.25) is 9.59 Å². The van der Waals surface area contributed by atoms with E-state index < -0.39 is 28.9 Å². The van der Waals surface area contributed by atoms with Crippen LogP contribution in [0.3, 0.4) is 0 Å². The number of aromatic amines is 2. The van der Waals surface area contributed by atoms with Gasteiger partial charge < -0.3 is 15.3 Å². The highest BCUT2D eigenvalue weighted by molar-refractivity contribution is 7.98. The van der Waals surface area contributed by atoms with Crippen LogP contribution in [0.4, 0.5) is 18.9 Å². The highest BCUT2D eigenvalue weighted by atomic mass is 32.2. The number of imidazole rings is 1. The van der Waals surface area contributed by atoms with Gasteiger partial charge in [-0.05, 0) is 35.9 Å². The molecule has 0 aliphatic heterocycles. The molecule has 0 aliphatic carbocycles. The molecule has 4 aromatic rings. The number of benzene rings is 2. The van der Waals surface area contributed by atoms with Crippen LogP contribution in [0, 0.1) is 0 Å². The van der Waals surface area contributed by atoms with Crippen LogP contribution in [0.2, 0.25) is 0 Å². The first-order valence-electron chi connectivity index (χ1n) is 9.07. The zero-order chi connectivity index (χ0) is 22.0. The second-order valence-electron chi connectivity index (χ2n) is 6.63. The predicted octanol–water partition coefficient (Wildman–Crippen LogP) is 4.81. The van der Waals surface area contributed by atoms with E-state index in [-0.39, 0.29) is 5.56 Å². The number of fused-ring (bicyclic) bond motifs is 1.